The molecule has 0 aliphatic heterocycles. The maximum Gasteiger partial charge on any atom is 0.421 e. The van der Waals surface area contributed by atoms with Gasteiger partial charge in [-0.15, -0.1) is 0 Å². The molecule has 1 aromatic carbocycles. The van der Waals surface area contributed by atoms with Crippen molar-refractivity contribution in [2.45, 2.75) is 12.7 Å². The van der Waals surface area contributed by atoms with E-state index in [1.807, 2.05) is 0 Å². The fourth-order valence-electron chi connectivity index (χ4n) is 3.15. The van der Waals surface area contributed by atoms with Crippen molar-refractivity contribution in [3.63, 3.8) is 0 Å². The first-order valence-corrected chi connectivity index (χ1v) is 11.7. The number of benzene rings is 1. The van der Waals surface area contributed by atoms with E-state index in [1.54, 1.807) is 36.4 Å². The molecule has 4 rings (SSSR count). The zero-order valence-corrected chi connectivity index (χ0v) is 18.8. The first kappa shape index (κ1) is 23.3. The van der Waals surface area contributed by atoms with E-state index in [9.17, 15) is 21.6 Å². The van der Waals surface area contributed by atoms with Gasteiger partial charge in [-0.25, -0.2) is 18.4 Å². The monoisotopic (exact) mass is 492 g/mol. The number of anilines is 4. The summed E-state index contributed by atoms with van der Waals surface area (Å²) in [5.74, 6) is -0.434. The molecule has 4 aromatic rings. The number of fused-ring (bicyclic) bond motifs is 1. The third-order valence-electron chi connectivity index (χ3n) is 4.91. The zero-order chi connectivity index (χ0) is 24.5. The number of hydrogen-bond donors (Lipinski definition) is 2. The van der Waals surface area contributed by atoms with Crippen LogP contribution in [0.15, 0.2) is 59.5 Å². The molecule has 0 fully saturated rings. The summed E-state index contributed by atoms with van der Waals surface area (Å²) in [5.41, 5.74) is 0.517. The van der Waals surface area contributed by atoms with E-state index in [4.69, 9.17) is 4.42 Å². The van der Waals surface area contributed by atoms with Crippen LogP contribution in [0.5, 0.6) is 0 Å². The van der Waals surface area contributed by atoms with E-state index in [0.29, 0.717) is 23.0 Å². The predicted octanol–water partition coefficient (Wildman–Crippen LogP) is 4.39. The van der Waals surface area contributed by atoms with Gasteiger partial charge in [0, 0.05) is 42.6 Å². The Kier molecular flexibility index (Phi) is 6.04. The maximum atomic E-state index is 13.6. The van der Waals surface area contributed by atoms with Crippen molar-refractivity contribution in [2.24, 2.45) is 0 Å². The molecule has 0 aliphatic rings. The lowest BCUT2D eigenvalue weighted by molar-refractivity contribution is -0.137. The van der Waals surface area contributed by atoms with Crippen LogP contribution in [-0.4, -0.2) is 36.7 Å². The Labute approximate surface area is 192 Å². The predicted molar refractivity (Wildman–Crippen MR) is 121 cm³/mol. The van der Waals surface area contributed by atoms with E-state index in [0.717, 1.165) is 15.9 Å². The number of hydrogen-bond acceptors (Lipinski definition) is 8. The van der Waals surface area contributed by atoms with Crippen molar-refractivity contribution >= 4 is 44.3 Å². The molecule has 13 heteroatoms. The number of rotatable bonds is 7. The van der Waals surface area contributed by atoms with Crippen LogP contribution in [0.3, 0.4) is 0 Å². The van der Waals surface area contributed by atoms with Gasteiger partial charge in [-0.3, -0.25) is 4.31 Å². The molecule has 0 aliphatic carbocycles. The summed E-state index contributed by atoms with van der Waals surface area (Å²) in [4.78, 5) is 11.9. The number of nitrogens with one attached hydrogen (secondary N) is 2. The van der Waals surface area contributed by atoms with Gasteiger partial charge in [0.05, 0.1) is 12.5 Å². The largest absolute Gasteiger partial charge is 0.464 e. The van der Waals surface area contributed by atoms with Crippen LogP contribution in [0.25, 0.3) is 11.0 Å². The molecule has 0 saturated carbocycles. The van der Waals surface area contributed by atoms with E-state index >= 15 is 0 Å². The van der Waals surface area contributed by atoms with E-state index in [1.165, 1.54) is 19.5 Å². The quantitative estimate of drug-likeness (QED) is 0.391. The summed E-state index contributed by atoms with van der Waals surface area (Å²) in [5, 5.41) is 6.33. The Hall–Kier alpha value is -3.87. The number of aromatic nitrogens is 3. The minimum atomic E-state index is -4.71. The van der Waals surface area contributed by atoms with Crippen molar-refractivity contribution in [1.82, 2.24) is 15.0 Å². The third-order valence-corrected chi connectivity index (χ3v) is 6.08. The van der Waals surface area contributed by atoms with Crippen molar-refractivity contribution < 1.29 is 26.0 Å². The molecule has 9 nitrogen and oxygen atoms in total. The Morgan fingerprint density at radius 1 is 1.15 bits per heavy atom. The Morgan fingerprint density at radius 3 is 2.68 bits per heavy atom. The highest BCUT2D eigenvalue weighted by molar-refractivity contribution is 7.92. The van der Waals surface area contributed by atoms with Crippen molar-refractivity contribution in [2.75, 3.05) is 28.2 Å². The zero-order valence-electron chi connectivity index (χ0n) is 18.0. The molecule has 0 amide bonds. The fraction of sp³-hybridized carbons (Fsp3) is 0.190. The Bertz CT molecular complexity index is 1440. The number of alkyl halides is 3. The van der Waals surface area contributed by atoms with Gasteiger partial charge in [0.1, 0.15) is 22.8 Å². The Balaban J connectivity index is 1.63. The minimum absolute atomic E-state index is 0.0574. The minimum Gasteiger partial charge on any atom is -0.464 e. The molecule has 178 valence electrons. The highest BCUT2D eigenvalue weighted by Gasteiger charge is 2.35. The molecular weight excluding hydrogens is 473 g/mol. The molecule has 3 heterocycles. The summed E-state index contributed by atoms with van der Waals surface area (Å²) >= 11 is 0. The van der Waals surface area contributed by atoms with Gasteiger partial charge in [-0.1, -0.05) is 6.07 Å². The second kappa shape index (κ2) is 8.82. The number of pyridine rings is 1. The van der Waals surface area contributed by atoms with Crippen LogP contribution in [0.2, 0.25) is 0 Å². The smallest absolute Gasteiger partial charge is 0.421 e. The van der Waals surface area contributed by atoms with Crippen LogP contribution in [0.1, 0.15) is 11.1 Å². The van der Waals surface area contributed by atoms with Gasteiger partial charge in [-0.2, -0.15) is 18.2 Å². The Morgan fingerprint density at radius 2 is 1.94 bits per heavy atom. The lowest BCUT2D eigenvalue weighted by Crippen LogP contribution is -2.27. The van der Waals surface area contributed by atoms with Crippen molar-refractivity contribution in [3.8, 4) is 0 Å². The van der Waals surface area contributed by atoms with Crippen LogP contribution in [0, 0.1) is 0 Å². The van der Waals surface area contributed by atoms with Crippen LogP contribution < -0.4 is 14.9 Å². The molecular formula is C21H19F3N6O3S. The van der Waals surface area contributed by atoms with E-state index < -0.39 is 27.6 Å². The number of furan rings is 1. The van der Waals surface area contributed by atoms with Crippen molar-refractivity contribution in [1.29, 1.82) is 0 Å². The van der Waals surface area contributed by atoms with Gasteiger partial charge >= 0.3 is 6.18 Å². The lowest BCUT2D eigenvalue weighted by atomic mass is 10.2. The van der Waals surface area contributed by atoms with Crippen LogP contribution in [-0.2, 0) is 22.7 Å². The van der Waals surface area contributed by atoms with Gasteiger partial charge in [0.25, 0.3) is 0 Å². The SMILES string of the molecule is CN(c1ncccc1CNc1nc(Nc2ccc3occc3c2)ncc1C(F)(F)F)S(C)(=O)=O. The molecule has 2 N–H and O–H groups in total. The summed E-state index contributed by atoms with van der Waals surface area (Å²) < 4.78 is 70.8. The molecule has 0 spiro atoms. The van der Waals surface area contributed by atoms with Crippen LogP contribution in [0.4, 0.5) is 36.4 Å². The number of sulfonamides is 1. The van der Waals surface area contributed by atoms with E-state index in [2.05, 4.69) is 25.6 Å². The third kappa shape index (κ3) is 5.03. The maximum absolute atomic E-state index is 13.6. The highest BCUT2D eigenvalue weighted by Crippen LogP contribution is 2.34. The van der Waals surface area contributed by atoms with Crippen molar-refractivity contribution in [3.05, 3.63) is 66.2 Å². The summed E-state index contributed by atoms with van der Waals surface area (Å²) in [6, 6.07) is 10.0. The number of halogens is 3. The molecule has 0 saturated heterocycles. The summed E-state index contributed by atoms with van der Waals surface area (Å²) in [6.07, 6.45) is -0.104. The molecule has 0 atom stereocenters. The normalized spacial score (nSPS) is 12.0. The van der Waals surface area contributed by atoms with Gasteiger partial charge in [-0.05, 0) is 30.3 Å². The van der Waals surface area contributed by atoms with E-state index in [-0.39, 0.29) is 18.3 Å². The molecule has 0 bridgehead atoms. The summed E-state index contributed by atoms with van der Waals surface area (Å²) in [7, 11) is -2.31. The fourth-order valence-corrected chi connectivity index (χ4v) is 3.62. The van der Waals surface area contributed by atoms with Crippen LogP contribution >= 0.6 is 0 Å². The van der Waals surface area contributed by atoms with Gasteiger partial charge in [0.15, 0.2) is 0 Å². The molecule has 3 aromatic heterocycles. The highest BCUT2D eigenvalue weighted by atomic mass is 32.2. The first-order valence-electron chi connectivity index (χ1n) is 9.82. The second-order valence-corrected chi connectivity index (χ2v) is 9.34. The van der Waals surface area contributed by atoms with Gasteiger partial charge in [0.2, 0.25) is 16.0 Å². The molecule has 0 radical (unpaired) electrons. The number of nitrogens with zero attached hydrogens (tertiary/aromatic N) is 4. The second-order valence-electron chi connectivity index (χ2n) is 7.32. The van der Waals surface area contributed by atoms with Gasteiger partial charge < -0.3 is 15.1 Å². The average Bonchev–Trinajstić information content (AvgIpc) is 3.24. The average molecular weight is 492 g/mol. The topological polar surface area (TPSA) is 113 Å². The molecule has 0 unspecified atom stereocenters. The lowest BCUT2D eigenvalue weighted by Gasteiger charge is -2.20. The first-order chi connectivity index (χ1) is 16.0. The standard InChI is InChI=1S/C21H19F3N6O3S/c1-30(34(2,31)32)19-14(4-3-8-25-19)11-26-18-16(21(22,23)24)12-27-20(29-18)28-15-5-6-17-13(10-15)7-9-33-17/h3-10,12H,11H2,1-2H3,(H2,26,27,28,29). The molecule has 34 heavy (non-hydrogen) atoms. The summed E-state index contributed by atoms with van der Waals surface area (Å²) in [6.45, 7) is -0.163.